The number of nitrogens with two attached hydrogens (primary N) is 1. The Hall–Kier alpha value is -4.44. The van der Waals surface area contributed by atoms with E-state index in [-0.39, 0.29) is 60.2 Å². The molecule has 4 rings (SSSR count). The molecular formula is C24H22N4O6. The molecule has 0 fully saturated rings. The van der Waals surface area contributed by atoms with Gasteiger partial charge in [-0.15, -0.1) is 0 Å². The van der Waals surface area contributed by atoms with Gasteiger partial charge in [-0.2, -0.15) is 0 Å². The molecule has 0 aliphatic carbocycles. The fourth-order valence-corrected chi connectivity index (χ4v) is 3.47. The van der Waals surface area contributed by atoms with Gasteiger partial charge in [0.1, 0.15) is 0 Å². The average molecular weight is 462 g/mol. The standard InChI is InChI=1S/C24H22N4O6/c25-28(23(31)17-5-1-9-26(13-17)15-19(29)21-7-3-11-33-21)24(32)18-6-2-10-27(14-18)16-20(30)22-8-4-12-34-22/h1-4,7-14H,5-6,15-16,25H2. The third kappa shape index (κ3) is 5.13. The van der Waals surface area contributed by atoms with Crippen molar-refractivity contribution in [2.75, 3.05) is 13.1 Å². The van der Waals surface area contributed by atoms with Crippen molar-refractivity contribution in [2.24, 2.45) is 5.84 Å². The van der Waals surface area contributed by atoms with Gasteiger partial charge in [0.15, 0.2) is 11.5 Å². The van der Waals surface area contributed by atoms with Gasteiger partial charge in [0.05, 0.1) is 25.6 Å². The van der Waals surface area contributed by atoms with Crippen molar-refractivity contribution in [1.82, 2.24) is 14.8 Å². The van der Waals surface area contributed by atoms with Gasteiger partial charge in [0.2, 0.25) is 11.6 Å². The van der Waals surface area contributed by atoms with Gasteiger partial charge < -0.3 is 18.6 Å². The highest BCUT2D eigenvalue weighted by Gasteiger charge is 2.27. The van der Waals surface area contributed by atoms with Crippen LogP contribution in [0.1, 0.15) is 34.0 Å². The molecule has 2 amide bonds. The predicted octanol–water partition coefficient (Wildman–Crippen LogP) is 2.37. The smallest absolute Gasteiger partial charge is 0.272 e. The SMILES string of the molecule is NN(C(=O)C1=CN(CC(=O)c2ccco2)C=CC1)C(=O)C1=CN(CC(=O)c2ccco2)C=CC1. The molecule has 2 aliphatic heterocycles. The molecule has 0 aromatic carbocycles. The topological polar surface area (TPSA) is 130 Å². The number of nitrogens with zero attached hydrogens (tertiary/aromatic N) is 3. The van der Waals surface area contributed by atoms with Crippen molar-refractivity contribution in [2.45, 2.75) is 12.8 Å². The van der Waals surface area contributed by atoms with Gasteiger partial charge >= 0.3 is 0 Å². The van der Waals surface area contributed by atoms with E-state index in [1.54, 1.807) is 48.8 Å². The minimum atomic E-state index is -0.682. The van der Waals surface area contributed by atoms with Gasteiger partial charge in [-0.3, -0.25) is 19.2 Å². The molecule has 174 valence electrons. The van der Waals surface area contributed by atoms with Gasteiger partial charge in [-0.25, -0.2) is 10.9 Å². The Kier molecular flexibility index (Phi) is 6.69. The monoisotopic (exact) mass is 462 g/mol. The lowest BCUT2D eigenvalue weighted by atomic mass is 10.1. The number of hydrazine groups is 1. The summed E-state index contributed by atoms with van der Waals surface area (Å²) in [5, 5.41) is 0.551. The molecule has 2 aromatic rings. The van der Waals surface area contributed by atoms with E-state index in [0.29, 0.717) is 5.01 Å². The minimum absolute atomic E-state index is 0.0338. The Morgan fingerprint density at radius 2 is 1.24 bits per heavy atom. The summed E-state index contributed by atoms with van der Waals surface area (Å²) in [6.07, 6.45) is 13.0. The Bertz CT molecular complexity index is 1110. The van der Waals surface area contributed by atoms with Crippen LogP contribution >= 0.6 is 0 Å². The fraction of sp³-hybridized carbons (Fsp3) is 0.167. The second-order valence-electron chi connectivity index (χ2n) is 7.61. The van der Waals surface area contributed by atoms with E-state index in [4.69, 9.17) is 14.7 Å². The zero-order valence-corrected chi connectivity index (χ0v) is 18.1. The van der Waals surface area contributed by atoms with Crippen molar-refractivity contribution in [1.29, 1.82) is 0 Å². The molecule has 2 aromatic heterocycles. The first-order valence-corrected chi connectivity index (χ1v) is 10.5. The third-order valence-corrected chi connectivity index (χ3v) is 5.14. The first-order valence-electron chi connectivity index (χ1n) is 10.5. The van der Waals surface area contributed by atoms with E-state index < -0.39 is 11.8 Å². The average Bonchev–Trinajstić information content (AvgIpc) is 3.58. The van der Waals surface area contributed by atoms with E-state index >= 15 is 0 Å². The summed E-state index contributed by atoms with van der Waals surface area (Å²) in [6, 6.07) is 6.35. The van der Waals surface area contributed by atoms with Crippen molar-refractivity contribution < 1.29 is 28.0 Å². The summed E-state index contributed by atoms with van der Waals surface area (Å²) >= 11 is 0. The Morgan fingerprint density at radius 1 is 0.794 bits per heavy atom. The third-order valence-electron chi connectivity index (χ3n) is 5.14. The largest absolute Gasteiger partial charge is 0.461 e. The summed E-state index contributed by atoms with van der Waals surface area (Å²) in [7, 11) is 0. The Labute approximate surface area is 194 Å². The number of Topliss-reactive ketones (excluding diaryl/α,β-unsaturated/α-hetero) is 2. The molecule has 10 nitrogen and oxygen atoms in total. The lowest BCUT2D eigenvalue weighted by Crippen LogP contribution is -2.45. The number of furan rings is 2. The van der Waals surface area contributed by atoms with Crippen LogP contribution in [-0.4, -0.2) is 51.3 Å². The van der Waals surface area contributed by atoms with Crippen molar-refractivity contribution >= 4 is 23.4 Å². The van der Waals surface area contributed by atoms with Crippen LogP contribution in [-0.2, 0) is 9.59 Å². The van der Waals surface area contributed by atoms with E-state index in [2.05, 4.69) is 0 Å². The summed E-state index contributed by atoms with van der Waals surface area (Å²) in [5.41, 5.74) is 0.504. The number of allylic oxidation sites excluding steroid dienone is 2. The maximum atomic E-state index is 12.9. The number of rotatable bonds is 8. The van der Waals surface area contributed by atoms with Crippen LogP contribution in [0.15, 0.2) is 93.7 Å². The summed E-state index contributed by atoms with van der Waals surface area (Å²) < 4.78 is 10.2. The van der Waals surface area contributed by atoms with Crippen molar-refractivity contribution in [3.63, 3.8) is 0 Å². The lowest BCUT2D eigenvalue weighted by molar-refractivity contribution is -0.140. The van der Waals surface area contributed by atoms with E-state index in [0.717, 1.165) is 0 Å². The molecule has 0 spiro atoms. The van der Waals surface area contributed by atoms with Crippen LogP contribution in [0.4, 0.5) is 0 Å². The molecule has 10 heteroatoms. The molecule has 0 unspecified atom stereocenters. The number of carbonyl (C=O) groups is 4. The van der Waals surface area contributed by atoms with Crippen LogP contribution in [0.5, 0.6) is 0 Å². The molecule has 0 bridgehead atoms. The molecule has 2 aliphatic rings. The van der Waals surface area contributed by atoms with Gasteiger partial charge in [0.25, 0.3) is 11.8 Å². The molecule has 0 radical (unpaired) electrons. The second-order valence-corrected chi connectivity index (χ2v) is 7.61. The zero-order valence-electron chi connectivity index (χ0n) is 18.1. The van der Waals surface area contributed by atoms with Crippen LogP contribution in [0, 0.1) is 0 Å². The number of imide groups is 1. The number of carbonyl (C=O) groups excluding carboxylic acids is 4. The lowest BCUT2D eigenvalue weighted by Gasteiger charge is -2.24. The van der Waals surface area contributed by atoms with Crippen LogP contribution in [0.2, 0.25) is 0 Å². The molecule has 0 atom stereocenters. The van der Waals surface area contributed by atoms with Crippen LogP contribution < -0.4 is 5.84 Å². The number of hydrogen-bond donors (Lipinski definition) is 1. The maximum absolute atomic E-state index is 12.9. The van der Waals surface area contributed by atoms with Crippen molar-refractivity contribution in [3.8, 4) is 0 Å². The molecular weight excluding hydrogens is 440 g/mol. The summed E-state index contributed by atoms with van der Waals surface area (Å²) in [6.45, 7) is -0.0676. The maximum Gasteiger partial charge on any atom is 0.272 e. The number of ketones is 2. The molecule has 4 heterocycles. The van der Waals surface area contributed by atoms with Gasteiger partial charge in [-0.05, 0) is 37.1 Å². The second kappa shape index (κ2) is 10.0. The Morgan fingerprint density at radius 3 is 1.62 bits per heavy atom. The van der Waals surface area contributed by atoms with E-state index in [9.17, 15) is 19.2 Å². The first kappa shape index (κ1) is 22.7. The molecule has 34 heavy (non-hydrogen) atoms. The minimum Gasteiger partial charge on any atom is -0.461 e. The molecule has 2 N–H and O–H groups in total. The fourth-order valence-electron chi connectivity index (χ4n) is 3.47. The highest BCUT2D eigenvalue weighted by Crippen LogP contribution is 2.19. The Balaban J connectivity index is 1.39. The highest BCUT2D eigenvalue weighted by molar-refractivity contribution is 6.09. The molecule has 0 saturated heterocycles. The summed E-state index contributed by atoms with van der Waals surface area (Å²) in [4.78, 5) is 53.3. The van der Waals surface area contributed by atoms with Crippen LogP contribution in [0.25, 0.3) is 0 Å². The predicted molar refractivity (Wildman–Crippen MR) is 119 cm³/mol. The van der Waals surface area contributed by atoms with Crippen molar-refractivity contribution in [3.05, 3.63) is 96.4 Å². The first-order chi connectivity index (χ1) is 16.4. The number of hydrogen-bond acceptors (Lipinski definition) is 9. The van der Waals surface area contributed by atoms with Gasteiger partial charge in [0, 0.05) is 35.9 Å². The molecule has 0 saturated carbocycles. The number of amides is 2. The van der Waals surface area contributed by atoms with E-state index in [1.165, 1.54) is 34.7 Å². The summed E-state index contributed by atoms with van der Waals surface area (Å²) in [5.74, 6) is 4.41. The van der Waals surface area contributed by atoms with E-state index in [1.807, 2.05) is 0 Å². The normalized spacial score (nSPS) is 15.1. The zero-order chi connectivity index (χ0) is 24.1. The van der Waals surface area contributed by atoms with Crippen LogP contribution in [0.3, 0.4) is 0 Å². The van der Waals surface area contributed by atoms with Gasteiger partial charge in [-0.1, -0.05) is 12.2 Å². The highest BCUT2D eigenvalue weighted by atomic mass is 16.3. The quantitative estimate of drug-likeness (QED) is 0.206.